The van der Waals surface area contributed by atoms with Crippen LogP contribution in [-0.2, 0) is 0 Å². The molecule has 0 fully saturated rings. The van der Waals surface area contributed by atoms with Crippen molar-refractivity contribution in [3.63, 3.8) is 0 Å². The average molecular weight is 299 g/mol. The minimum atomic E-state index is 0.403. The Morgan fingerprint density at radius 2 is 1.67 bits per heavy atom. The molecule has 0 aromatic heterocycles. The first kappa shape index (κ1) is 20.9. The van der Waals surface area contributed by atoms with Crippen molar-refractivity contribution in [2.45, 2.75) is 86.6 Å². The number of rotatable bonds is 13. The summed E-state index contributed by atoms with van der Waals surface area (Å²) in [4.78, 5) is 2.70. The van der Waals surface area contributed by atoms with Crippen molar-refractivity contribution in [2.75, 3.05) is 26.2 Å². The van der Waals surface area contributed by atoms with E-state index >= 15 is 0 Å². The molecule has 0 bridgehead atoms. The third-order valence-electron chi connectivity index (χ3n) is 4.32. The highest BCUT2D eigenvalue weighted by atomic mass is 15.2. The first-order chi connectivity index (χ1) is 9.84. The predicted octanol–water partition coefficient (Wildman–Crippen LogP) is 4.94. The highest BCUT2D eigenvalue weighted by Crippen LogP contribution is 2.25. The molecule has 0 aromatic rings. The summed E-state index contributed by atoms with van der Waals surface area (Å²) >= 11 is 0. The second-order valence-corrected chi connectivity index (χ2v) is 7.86. The summed E-state index contributed by atoms with van der Waals surface area (Å²) in [5.41, 5.74) is 0.403. The molecular formula is C19H42N2. The van der Waals surface area contributed by atoms with Crippen LogP contribution in [0.3, 0.4) is 0 Å². The van der Waals surface area contributed by atoms with Crippen LogP contribution >= 0.6 is 0 Å². The number of nitrogens with one attached hydrogen (secondary N) is 1. The van der Waals surface area contributed by atoms with Gasteiger partial charge in [0.15, 0.2) is 0 Å². The van der Waals surface area contributed by atoms with Gasteiger partial charge in [0.05, 0.1) is 0 Å². The summed E-state index contributed by atoms with van der Waals surface area (Å²) in [5, 5.41) is 3.70. The fourth-order valence-electron chi connectivity index (χ4n) is 3.06. The molecule has 1 N–H and O–H groups in total. The summed E-state index contributed by atoms with van der Waals surface area (Å²) in [6.07, 6.45) is 6.61. The molecule has 0 amide bonds. The van der Waals surface area contributed by atoms with E-state index in [-0.39, 0.29) is 0 Å². The van der Waals surface area contributed by atoms with Crippen LogP contribution < -0.4 is 5.32 Å². The second kappa shape index (κ2) is 11.5. The number of hydrogen-bond donors (Lipinski definition) is 1. The average Bonchev–Trinajstić information content (AvgIpc) is 2.37. The van der Waals surface area contributed by atoms with Gasteiger partial charge in [-0.1, -0.05) is 53.9 Å². The molecular weight excluding hydrogens is 256 g/mol. The van der Waals surface area contributed by atoms with E-state index in [0.29, 0.717) is 11.5 Å². The lowest BCUT2D eigenvalue weighted by Crippen LogP contribution is -2.45. The van der Waals surface area contributed by atoms with Crippen LogP contribution in [0.2, 0.25) is 0 Å². The van der Waals surface area contributed by atoms with E-state index in [1.807, 2.05) is 0 Å². The van der Waals surface area contributed by atoms with Gasteiger partial charge >= 0.3 is 0 Å². The van der Waals surface area contributed by atoms with Gasteiger partial charge < -0.3 is 10.2 Å². The Hall–Kier alpha value is -0.0800. The molecule has 2 heteroatoms. The van der Waals surface area contributed by atoms with E-state index in [1.165, 1.54) is 45.2 Å². The van der Waals surface area contributed by atoms with Crippen LogP contribution in [0, 0.1) is 11.3 Å². The van der Waals surface area contributed by atoms with Gasteiger partial charge in [-0.15, -0.1) is 0 Å². The summed E-state index contributed by atoms with van der Waals surface area (Å²) in [6, 6.07) is 0.656. The zero-order chi connectivity index (χ0) is 16.3. The lowest BCUT2D eigenvalue weighted by molar-refractivity contribution is 0.119. The van der Waals surface area contributed by atoms with Crippen LogP contribution in [-0.4, -0.2) is 37.1 Å². The Labute approximate surface area is 135 Å². The van der Waals surface area contributed by atoms with Gasteiger partial charge in [0.25, 0.3) is 0 Å². The minimum absolute atomic E-state index is 0.403. The highest BCUT2D eigenvalue weighted by Gasteiger charge is 2.27. The Morgan fingerprint density at radius 3 is 2.14 bits per heavy atom. The molecule has 0 heterocycles. The fourth-order valence-corrected chi connectivity index (χ4v) is 3.06. The van der Waals surface area contributed by atoms with Crippen LogP contribution in [0.25, 0.3) is 0 Å². The standard InChI is InChI=1S/C19H42N2/c1-8-10-11-13-21(18(5)6)16-19(7,12-9-2)15-20-14-17(3)4/h17-18,20H,8-16H2,1-7H3. The van der Waals surface area contributed by atoms with E-state index in [0.717, 1.165) is 19.0 Å². The number of hydrogen-bond acceptors (Lipinski definition) is 2. The minimum Gasteiger partial charge on any atom is -0.316 e. The van der Waals surface area contributed by atoms with E-state index < -0.39 is 0 Å². The van der Waals surface area contributed by atoms with E-state index in [9.17, 15) is 0 Å². The van der Waals surface area contributed by atoms with Crippen molar-refractivity contribution >= 4 is 0 Å². The largest absolute Gasteiger partial charge is 0.316 e. The molecule has 128 valence electrons. The number of nitrogens with zero attached hydrogens (tertiary/aromatic N) is 1. The van der Waals surface area contributed by atoms with Gasteiger partial charge in [0.1, 0.15) is 0 Å². The maximum absolute atomic E-state index is 3.70. The Bertz CT molecular complexity index is 238. The second-order valence-electron chi connectivity index (χ2n) is 7.86. The van der Waals surface area contributed by atoms with Crippen molar-refractivity contribution in [3.05, 3.63) is 0 Å². The summed E-state index contributed by atoms with van der Waals surface area (Å²) in [7, 11) is 0. The van der Waals surface area contributed by atoms with Crippen molar-refractivity contribution < 1.29 is 0 Å². The third kappa shape index (κ3) is 10.3. The SMILES string of the molecule is CCCCCN(CC(C)(CCC)CNCC(C)C)C(C)C. The predicted molar refractivity (Wildman–Crippen MR) is 97.0 cm³/mol. The maximum Gasteiger partial charge on any atom is 0.00502 e. The third-order valence-corrected chi connectivity index (χ3v) is 4.32. The normalized spacial score (nSPS) is 15.1. The van der Waals surface area contributed by atoms with Crippen molar-refractivity contribution in [3.8, 4) is 0 Å². The summed E-state index contributed by atoms with van der Waals surface area (Å²) in [5.74, 6) is 0.738. The van der Waals surface area contributed by atoms with Gasteiger partial charge in [0.2, 0.25) is 0 Å². The van der Waals surface area contributed by atoms with Gasteiger partial charge in [-0.3, -0.25) is 0 Å². The molecule has 0 saturated carbocycles. The molecule has 0 saturated heterocycles. The van der Waals surface area contributed by atoms with Gasteiger partial charge in [-0.05, 0) is 51.1 Å². The molecule has 1 unspecified atom stereocenters. The number of unbranched alkanes of at least 4 members (excludes halogenated alkanes) is 2. The first-order valence-electron chi connectivity index (χ1n) is 9.29. The molecule has 21 heavy (non-hydrogen) atoms. The van der Waals surface area contributed by atoms with Crippen molar-refractivity contribution in [1.29, 1.82) is 0 Å². The maximum atomic E-state index is 3.70. The molecule has 0 aromatic carbocycles. The molecule has 0 spiro atoms. The Morgan fingerprint density at radius 1 is 1.00 bits per heavy atom. The topological polar surface area (TPSA) is 15.3 Å². The quantitative estimate of drug-likeness (QED) is 0.485. The summed E-state index contributed by atoms with van der Waals surface area (Å²) < 4.78 is 0. The molecule has 0 radical (unpaired) electrons. The Kier molecular flexibility index (Phi) is 11.4. The monoisotopic (exact) mass is 298 g/mol. The lowest BCUT2D eigenvalue weighted by atomic mass is 9.84. The van der Waals surface area contributed by atoms with Crippen molar-refractivity contribution in [2.24, 2.45) is 11.3 Å². The molecule has 0 rings (SSSR count). The van der Waals surface area contributed by atoms with Gasteiger partial charge in [0, 0.05) is 19.1 Å². The molecule has 0 aliphatic rings. The molecule has 0 aliphatic heterocycles. The van der Waals surface area contributed by atoms with Gasteiger partial charge in [-0.2, -0.15) is 0 Å². The van der Waals surface area contributed by atoms with Crippen molar-refractivity contribution in [1.82, 2.24) is 10.2 Å². The zero-order valence-electron chi connectivity index (χ0n) is 16.0. The smallest absolute Gasteiger partial charge is 0.00502 e. The fraction of sp³-hybridized carbons (Fsp3) is 1.00. The highest BCUT2D eigenvalue weighted by molar-refractivity contribution is 4.82. The zero-order valence-corrected chi connectivity index (χ0v) is 16.0. The van der Waals surface area contributed by atoms with Crippen LogP contribution in [0.4, 0.5) is 0 Å². The van der Waals surface area contributed by atoms with Crippen LogP contribution in [0.5, 0.6) is 0 Å². The van der Waals surface area contributed by atoms with E-state index in [1.54, 1.807) is 0 Å². The summed E-state index contributed by atoms with van der Waals surface area (Å²) in [6.45, 7) is 21.1. The Balaban J connectivity index is 4.50. The lowest BCUT2D eigenvalue weighted by Gasteiger charge is -2.38. The van der Waals surface area contributed by atoms with E-state index in [2.05, 4.69) is 58.7 Å². The molecule has 2 nitrogen and oxygen atoms in total. The molecule has 0 aliphatic carbocycles. The first-order valence-corrected chi connectivity index (χ1v) is 9.29. The van der Waals surface area contributed by atoms with E-state index in [4.69, 9.17) is 0 Å². The van der Waals surface area contributed by atoms with Crippen LogP contribution in [0.1, 0.15) is 80.6 Å². The molecule has 1 atom stereocenters. The van der Waals surface area contributed by atoms with Crippen LogP contribution in [0.15, 0.2) is 0 Å². The van der Waals surface area contributed by atoms with Gasteiger partial charge in [-0.25, -0.2) is 0 Å².